The molecule has 0 saturated heterocycles. The van der Waals surface area contributed by atoms with Gasteiger partial charge in [-0.2, -0.15) is 0 Å². The van der Waals surface area contributed by atoms with E-state index in [9.17, 15) is 0 Å². The minimum Gasteiger partial charge on any atom is -0.320 e. The van der Waals surface area contributed by atoms with Gasteiger partial charge in [-0.05, 0) is 44.1 Å². The van der Waals surface area contributed by atoms with Crippen molar-refractivity contribution in [2.75, 3.05) is 13.6 Å². The average Bonchev–Trinajstić information content (AvgIpc) is 2.29. The average molecular weight is 200 g/mol. The van der Waals surface area contributed by atoms with Crippen LogP contribution in [-0.4, -0.2) is 18.6 Å². The van der Waals surface area contributed by atoms with Gasteiger partial charge in [0.25, 0.3) is 0 Å². The second-order valence-corrected chi connectivity index (χ2v) is 3.74. The number of rotatable bonds is 4. The first-order valence-corrected chi connectivity index (χ1v) is 5.38. The Hall–Kier alpha value is -1.41. The minimum atomic E-state index is 1.07. The SMILES string of the molecule is CNCCCc1ccc2cccnc2c1. The van der Waals surface area contributed by atoms with Gasteiger partial charge in [-0.15, -0.1) is 0 Å². The Bertz CT molecular complexity index is 437. The summed E-state index contributed by atoms with van der Waals surface area (Å²) in [4.78, 5) is 4.35. The molecule has 2 aromatic rings. The minimum absolute atomic E-state index is 1.07. The molecule has 0 fully saturated rings. The molecule has 0 unspecified atom stereocenters. The van der Waals surface area contributed by atoms with Crippen LogP contribution in [0.2, 0.25) is 0 Å². The Morgan fingerprint density at radius 2 is 2.20 bits per heavy atom. The predicted molar refractivity (Wildman–Crippen MR) is 64.0 cm³/mol. The highest BCUT2D eigenvalue weighted by molar-refractivity contribution is 5.78. The maximum atomic E-state index is 4.35. The number of benzene rings is 1. The lowest BCUT2D eigenvalue weighted by Crippen LogP contribution is -2.08. The highest BCUT2D eigenvalue weighted by Gasteiger charge is 1.96. The fourth-order valence-corrected chi connectivity index (χ4v) is 1.74. The molecule has 0 radical (unpaired) electrons. The lowest BCUT2D eigenvalue weighted by molar-refractivity contribution is 0.725. The Morgan fingerprint density at radius 3 is 3.07 bits per heavy atom. The van der Waals surface area contributed by atoms with Crippen molar-refractivity contribution in [3.8, 4) is 0 Å². The zero-order chi connectivity index (χ0) is 10.5. The molecular weight excluding hydrogens is 184 g/mol. The zero-order valence-electron chi connectivity index (χ0n) is 9.03. The number of aromatic nitrogens is 1. The topological polar surface area (TPSA) is 24.9 Å². The second-order valence-electron chi connectivity index (χ2n) is 3.74. The molecular formula is C13H16N2. The number of nitrogens with zero attached hydrogens (tertiary/aromatic N) is 1. The van der Waals surface area contributed by atoms with Crippen LogP contribution < -0.4 is 5.32 Å². The van der Waals surface area contributed by atoms with Crippen molar-refractivity contribution in [2.45, 2.75) is 12.8 Å². The third kappa shape index (κ3) is 2.54. The van der Waals surface area contributed by atoms with Crippen LogP contribution in [0.15, 0.2) is 36.5 Å². The van der Waals surface area contributed by atoms with Crippen molar-refractivity contribution in [3.05, 3.63) is 42.1 Å². The smallest absolute Gasteiger partial charge is 0.0704 e. The summed E-state index contributed by atoms with van der Waals surface area (Å²) in [5, 5.41) is 4.38. The van der Waals surface area contributed by atoms with Gasteiger partial charge in [-0.25, -0.2) is 0 Å². The van der Waals surface area contributed by atoms with Crippen LogP contribution in [0, 0.1) is 0 Å². The molecule has 1 N–H and O–H groups in total. The summed E-state index contributed by atoms with van der Waals surface area (Å²) in [6.07, 6.45) is 4.14. The van der Waals surface area contributed by atoms with Crippen LogP contribution in [0.5, 0.6) is 0 Å². The molecule has 2 nitrogen and oxygen atoms in total. The Kier molecular flexibility index (Phi) is 3.30. The number of aryl methyl sites for hydroxylation is 1. The van der Waals surface area contributed by atoms with E-state index in [0.29, 0.717) is 0 Å². The van der Waals surface area contributed by atoms with Crippen LogP contribution in [-0.2, 0) is 6.42 Å². The molecule has 1 aromatic carbocycles. The molecule has 2 heteroatoms. The standard InChI is InChI=1S/C13H16N2/c1-14-8-2-4-11-6-7-12-5-3-9-15-13(12)10-11/h3,5-7,9-10,14H,2,4,8H2,1H3. The van der Waals surface area contributed by atoms with Gasteiger partial charge in [0.2, 0.25) is 0 Å². The number of nitrogens with one attached hydrogen (secondary N) is 1. The van der Waals surface area contributed by atoms with Gasteiger partial charge in [0.05, 0.1) is 5.52 Å². The first-order valence-electron chi connectivity index (χ1n) is 5.38. The molecule has 1 aromatic heterocycles. The Labute approximate surface area is 90.3 Å². The summed E-state index contributed by atoms with van der Waals surface area (Å²) in [5.41, 5.74) is 2.47. The maximum absolute atomic E-state index is 4.35. The van der Waals surface area contributed by atoms with E-state index in [1.165, 1.54) is 17.4 Å². The molecule has 0 aliphatic heterocycles. The van der Waals surface area contributed by atoms with E-state index in [4.69, 9.17) is 0 Å². The predicted octanol–water partition coefficient (Wildman–Crippen LogP) is 2.39. The van der Waals surface area contributed by atoms with Gasteiger partial charge < -0.3 is 5.32 Å². The molecule has 2 rings (SSSR count). The first kappa shape index (κ1) is 10.1. The quantitative estimate of drug-likeness (QED) is 0.766. The highest BCUT2D eigenvalue weighted by atomic mass is 14.8. The van der Waals surface area contributed by atoms with E-state index < -0.39 is 0 Å². The van der Waals surface area contributed by atoms with Crippen LogP contribution in [0.1, 0.15) is 12.0 Å². The summed E-state index contributed by atoms with van der Waals surface area (Å²) in [5.74, 6) is 0. The summed E-state index contributed by atoms with van der Waals surface area (Å²) in [6, 6.07) is 10.6. The highest BCUT2D eigenvalue weighted by Crippen LogP contribution is 2.14. The monoisotopic (exact) mass is 200 g/mol. The fraction of sp³-hybridized carbons (Fsp3) is 0.308. The van der Waals surface area contributed by atoms with Gasteiger partial charge in [0.15, 0.2) is 0 Å². The lowest BCUT2D eigenvalue weighted by atomic mass is 10.1. The van der Waals surface area contributed by atoms with E-state index >= 15 is 0 Å². The molecule has 15 heavy (non-hydrogen) atoms. The molecule has 0 aliphatic rings. The lowest BCUT2D eigenvalue weighted by Gasteiger charge is -2.02. The van der Waals surface area contributed by atoms with E-state index in [1.807, 2.05) is 19.3 Å². The van der Waals surface area contributed by atoms with Crippen molar-refractivity contribution in [1.82, 2.24) is 10.3 Å². The van der Waals surface area contributed by atoms with Crippen LogP contribution in [0.4, 0.5) is 0 Å². The van der Waals surface area contributed by atoms with Crippen molar-refractivity contribution in [2.24, 2.45) is 0 Å². The molecule has 78 valence electrons. The molecule has 0 bridgehead atoms. The molecule has 0 atom stereocenters. The largest absolute Gasteiger partial charge is 0.320 e. The third-order valence-corrected chi connectivity index (χ3v) is 2.56. The maximum Gasteiger partial charge on any atom is 0.0704 e. The Balaban J connectivity index is 2.16. The molecule has 0 saturated carbocycles. The van der Waals surface area contributed by atoms with E-state index in [-0.39, 0.29) is 0 Å². The molecule has 0 spiro atoms. The van der Waals surface area contributed by atoms with E-state index in [2.05, 4.69) is 34.6 Å². The zero-order valence-corrected chi connectivity index (χ0v) is 9.03. The number of fused-ring (bicyclic) bond motifs is 1. The van der Waals surface area contributed by atoms with Crippen LogP contribution >= 0.6 is 0 Å². The van der Waals surface area contributed by atoms with E-state index in [1.54, 1.807) is 0 Å². The third-order valence-electron chi connectivity index (χ3n) is 2.56. The molecule has 0 aliphatic carbocycles. The van der Waals surface area contributed by atoms with Crippen molar-refractivity contribution < 1.29 is 0 Å². The molecule has 1 heterocycles. The van der Waals surface area contributed by atoms with Crippen LogP contribution in [0.3, 0.4) is 0 Å². The van der Waals surface area contributed by atoms with Crippen molar-refractivity contribution in [1.29, 1.82) is 0 Å². The van der Waals surface area contributed by atoms with Crippen molar-refractivity contribution in [3.63, 3.8) is 0 Å². The summed E-state index contributed by atoms with van der Waals surface area (Å²) < 4.78 is 0. The van der Waals surface area contributed by atoms with E-state index in [0.717, 1.165) is 18.5 Å². The van der Waals surface area contributed by atoms with Gasteiger partial charge in [-0.1, -0.05) is 18.2 Å². The Morgan fingerprint density at radius 1 is 1.27 bits per heavy atom. The van der Waals surface area contributed by atoms with Gasteiger partial charge in [0, 0.05) is 11.6 Å². The fourth-order valence-electron chi connectivity index (χ4n) is 1.74. The van der Waals surface area contributed by atoms with Gasteiger partial charge >= 0.3 is 0 Å². The number of hydrogen-bond acceptors (Lipinski definition) is 2. The summed E-state index contributed by atoms with van der Waals surface area (Å²) >= 11 is 0. The second kappa shape index (κ2) is 4.89. The summed E-state index contributed by atoms with van der Waals surface area (Å²) in [6.45, 7) is 1.07. The normalized spacial score (nSPS) is 10.7. The number of pyridine rings is 1. The van der Waals surface area contributed by atoms with Crippen molar-refractivity contribution >= 4 is 10.9 Å². The molecule has 0 amide bonds. The number of hydrogen-bond donors (Lipinski definition) is 1. The van der Waals surface area contributed by atoms with Gasteiger partial charge in [-0.3, -0.25) is 4.98 Å². The van der Waals surface area contributed by atoms with Gasteiger partial charge in [0.1, 0.15) is 0 Å². The first-order chi connectivity index (χ1) is 7.40. The summed E-state index contributed by atoms with van der Waals surface area (Å²) in [7, 11) is 1.99. The van der Waals surface area contributed by atoms with Crippen LogP contribution in [0.25, 0.3) is 10.9 Å².